The average molecular weight is 556 g/mol. The molecule has 0 radical (unpaired) electrons. The van der Waals surface area contributed by atoms with Gasteiger partial charge in [-0.05, 0) is 31.0 Å². The van der Waals surface area contributed by atoms with Gasteiger partial charge < -0.3 is 19.4 Å². The van der Waals surface area contributed by atoms with Gasteiger partial charge in [0.1, 0.15) is 29.8 Å². The van der Waals surface area contributed by atoms with E-state index in [-0.39, 0.29) is 29.9 Å². The normalized spacial score (nSPS) is 17.6. The van der Waals surface area contributed by atoms with Crippen molar-refractivity contribution in [3.8, 4) is 12.1 Å². The van der Waals surface area contributed by atoms with E-state index in [2.05, 4.69) is 20.1 Å². The Balaban J connectivity index is 1.21. The van der Waals surface area contributed by atoms with Crippen LogP contribution in [0, 0.1) is 11.3 Å². The highest BCUT2D eigenvalue weighted by Gasteiger charge is 2.41. The topological polar surface area (TPSA) is 144 Å². The summed E-state index contributed by atoms with van der Waals surface area (Å²) in [6.07, 6.45) is 0.173. The van der Waals surface area contributed by atoms with Crippen LogP contribution in [-0.4, -0.2) is 81.3 Å². The second kappa shape index (κ2) is 11.2. The van der Waals surface area contributed by atoms with Gasteiger partial charge in [0.05, 0.1) is 23.5 Å². The zero-order chi connectivity index (χ0) is 28.3. The molecule has 2 fully saturated rings. The van der Waals surface area contributed by atoms with Gasteiger partial charge in [0.2, 0.25) is 0 Å². The Morgan fingerprint density at radius 1 is 1.12 bits per heavy atom. The Bertz CT molecular complexity index is 1470. The second-order valence-electron chi connectivity index (χ2n) is 9.28. The van der Waals surface area contributed by atoms with Crippen molar-refractivity contribution < 1.29 is 22.7 Å². The first-order chi connectivity index (χ1) is 19.2. The quantitative estimate of drug-likeness (QED) is 0.479. The number of alkyl halides is 3. The predicted molar refractivity (Wildman–Crippen MR) is 135 cm³/mol. The third kappa shape index (κ3) is 5.65. The van der Waals surface area contributed by atoms with Crippen LogP contribution < -0.4 is 20.1 Å². The van der Waals surface area contributed by atoms with Crippen LogP contribution in [0.3, 0.4) is 0 Å². The molecule has 2 saturated heterocycles. The lowest BCUT2D eigenvalue weighted by Gasteiger charge is -2.35. The molecular weight excluding hydrogens is 531 g/mol. The number of pyridine rings is 1. The van der Waals surface area contributed by atoms with Crippen LogP contribution in [0.4, 0.5) is 24.7 Å². The average Bonchev–Trinajstić information content (AvgIpc) is 3.44. The number of carbonyl (C=O) groups is 1. The minimum Gasteiger partial charge on any atom is -0.461 e. The summed E-state index contributed by atoms with van der Waals surface area (Å²) in [6.45, 7) is 2.22. The SMILES string of the molecule is N#Cc1ccc(N2CCN(C(=O)c3ccnc(OCC4CCCN4c4cn[nH]c(=O)c4C(F)(F)F)n3)CC2)nc1. The number of aromatic amines is 1. The highest BCUT2D eigenvalue weighted by molar-refractivity contribution is 5.92. The molecular formula is C25H24F3N9O3. The molecule has 1 amide bonds. The van der Waals surface area contributed by atoms with Crippen molar-refractivity contribution in [2.75, 3.05) is 49.1 Å². The lowest BCUT2D eigenvalue weighted by Crippen LogP contribution is -2.49. The van der Waals surface area contributed by atoms with Crippen molar-refractivity contribution in [2.24, 2.45) is 0 Å². The van der Waals surface area contributed by atoms with E-state index >= 15 is 0 Å². The molecule has 208 valence electrons. The molecule has 12 nitrogen and oxygen atoms in total. The molecule has 2 aliphatic rings. The molecule has 1 atom stereocenters. The lowest BCUT2D eigenvalue weighted by molar-refractivity contribution is -0.138. The van der Waals surface area contributed by atoms with E-state index in [0.29, 0.717) is 51.1 Å². The van der Waals surface area contributed by atoms with Gasteiger partial charge in [0, 0.05) is 45.1 Å². The predicted octanol–water partition coefficient (Wildman–Crippen LogP) is 1.86. The van der Waals surface area contributed by atoms with Crippen LogP contribution >= 0.6 is 0 Å². The smallest absolute Gasteiger partial charge is 0.423 e. The van der Waals surface area contributed by atoms with Crippen molar-refractivity contribution in [1.82, 2.24) is 30.0 Å². The molecule has 15 heteroatoms. The first-order valence-electron chi connectivity index (χ1n) is 12.5. The molecule has 40 heavy (non-hydrogen) atoms. The number of ether oxygens (including phenoxy) is 1. The summed E-state index contributed by atoms with van der Waals surface area (Å²) < 4.78 is 46.4. The second-order valence-corrected chi connectivity index (χ2v) is 9.28. The van der Waals surface area contributed by atoms with Gasteiger partial charge in [-0.25, -0.2) is 15.1 Å². The number of hydrogen-bond donors (Lipinski definition) is 1. The largest absolute Gasteiger partial charge is 0.461 e. The zero-order valence-corrected chi connectivity index (χ0v) is 21.1. The van der Waals surface area contributed by atoms with Crippen LogP contribution in [0.2, 0.25) is 0 Å². The Hall–Kier alpha value is -4.74. The fraction of sp³-hybridized carbons (Fsp3) is 0.400. The number of amides is 1. The van der Waals surface area contributed by atoms with Crippen molar-refractivity contribution in [3.05, 3.63) is 64.0 Å². The van der Waals surface area contributed by atoms with Gasteiger partial charge in [0.15, 0.2) is 0 Å². The van der Waals surface area contributed by atoms with Gasteiger partial charge in [0.25, 0.3) is 11.5 Å². The summed E-state index contributed by atoms with van der Waals surface area (Å²) in [5, 5.41) is 14.3. The lowest BCUT2D eigenvalue weighted by atomic mass is 10.2. The number of piperazine rings is 1. The highest BCUT2D eigenvalue weighted by atomic mass is 19.4. The Labute approximate surface area is 226 Å². The summed E-state index contributed by atoms with van der Waals surface area (Å²) in [5.41, 5.74) is -2.30. The number of nitriles is 1. The molecule has 0 spiro atoms. The minimum absolute atomic E-state index is 0.0436. The van der Waals surface area contributed by atoms with Crippen molar-refractivity contribution >= 4 is 17.4 Å². The van der Waals surface area contributed by atoms with Crippen molar-refractivity contribution in [3.63, 3.8) is 0 Å². The monoisotopic (exact) mass is 555 g/mol. The molecule has 5 rings (SSSR count). The van der Waals surface area contributed by atoms with E-state index in [1.807, 2.05) is 16.1 Å². The number of hydrogen-bond acceptors (Lipinski definition) is 10. The summed E-state index contributed by atoms with van der Waals surface area (Å²) in [5.74, 6) is 0.426. The minimum atomic E-state index is -4.85. The molecule has 1 unspecified atom stereocenters. The van der Waals surface area contributed by atoms with Crippen LogP contribution in [0.1, 0.15) is 34.5 Å². The molecule has 3 aromatic rings. The number of rotatable bonds is 6. The van der Waals surface area contributed by atoms with Crippen LogP contribution in [0.25, 0.3) is 0 Å². The van der Waals surface area contributed by atoms with Gasteiger partial charge in [-0.2, -0.15) is 28.5 Å². The fourth-order valence-corrected chi connectivity index (χ4v) is 4.85. The Morgan fingerprint density at radius 2 is 1.93 bits per heavy atom. The maximum atomic E-state index is 13.6. The number of nitrogens with zero attached hydrogens (tertiary/aromatic N) is 8. The third-order valence-corrected chi connectivity index (χ3v) is 6.83. The van der Waals surface area contributed by atoms with E-state index in [1.165, 1.54) is 23.4 Å². The van der Waals surface area contributed by atoms with Gasteiger partial charge in [-0.1, -0.05) is 0 Å². The van der Waals surface area contributed by atoms with Crippen LogP contribution in [0.15, 0.2) is 41.6 Å². The first kappa shape index (κ1) is 26.9. The van der Waals surface area contributed by atoms with Crippen LogP contribution in [0.5, 0.6) is 6.01 Å². The molecule has 0 saturated carbocycles. The number of H-pyrrole nitrogens is 1. The maximum Gasteiger partial charge on any atom is 0.423 e. The Morgan fingerprint density at radius 3 is 2.62 bits per heavy atom. The molecule has 2 aliphatic heterocycles. The number of carbonyl (C=O) groups excluding carboxylic acids is 1. The van der Waals surface area contributed by atoms with Gasteiger partial charge in [-0.3, -0.25) is 9.59 Å². The summed E-state index contributed by atoms with van der Waals surface area (Å²) in [6, 6.07) is 6.42. The summed E-state index contributed by atoms with van der Waals surface area (Å²) >= 11 is 0. The fourth-order valence-electron chi connectivity index (χ4n) is 4.85. The number of aromatic nitrogens is 5. The molecule has 5 heterocycles. The van der Waals surface area contributed by atoms with E-state index in [9.17, 15) is 22.8 Å². The van der Waals surface area contributed by atoms with Gasteiger partial charge in [-0.15, -0.1) is 0 Å². The van der Waals surface area contributed by atoms with Gasteiger partial charge >= 0.3 is 12.2 Å². The number of nitrogens with one attached hydrogen (secondary N) is 1. The molecule has 0 bridgehead atoms. The molecule has 1 N–H and O–H groups in total. The van der Waals surface area contributed by atoms with E-state index in [1.54, 1.807) is 17.0 Å². The summed E-state index contributed by atoms with van der Waals surface area (Å²) in [4.78, 5) is 42.7. The summed E-state index contributed by atoms with van der Waals surface area (Å²) in [7, 11) is 0. The molecule has 0 aliphatic carbocycles. The molecule has 0 aromatic carbocycles. The Kier molecular flexibility index (Phi) is 7.50. The third-order valence-electron chi connectivity index (χ3n) is 6.83. The van der Waals surface area contributed by atoms with E-state index in [0.717, 1.165) is 12.0 Å². The maximum absolute atomic E-state index is 13.6. The van der Waals surface area contributed by atoms with E-state index in [4.69, 9.17) is 10.00 Å². The van der Waals surface area contributed by atoms with Crippen molar-refractivity contribution in [2.45, 2.75) is 25.1 Å². The zero-order valence-electron chi connectivity index (χ0n) is 21.1. The standard InChI is InChI=1S/C25H24F3N9O3/c26-25(27,28)21-19(14-32-34-22(21)38)37-7-1-2-17(37)15-40-24-30-6-5-18(33-24)23(39)36-10-8-35(9-11-36)20-4-3-16(12-29)13-31-20/h3-6,13-14,17H,1-2,7-11,15H2,(H,34,38). The highest BCUT2D eigenvalue weighted by Crippen LogP contribution is 2.36. The first-order valence-corrected chi connectivity index (χ1v) is 12.5. The van der Waals surface area contributed by atoms with Crippen LogP contribution in [-0.2, 0) is 6.18 Å². The van der Waals surface area contributed by atoms with Crippen molar-refractivity contribution in [1.29, 1.82) is 5.26 Å². The van der Waals surface area contributed by atoms with E-state index < -0.39 is 23.3 Å². The number of anilines is 2. The molecule has 3 aromatic heterocycles. The number of halogens is 3.